The van der Waals surface area contributed by atoms with E-state index in [1.54, 1.807) is 12.1 Å². The molecule has 0 saturated carbocycles. The first-order valence-electron chi connectivity index (χ1n) is 11.8. The molecular formula is C30H21FN4O2. The smallest absolute Gasteiger partial charge is 0.244 e. The Kier molecular flexibility index (Phi) is 5.62. The molecule has 0 amide bonds. The molecule has 0 aliphatic carbocycles. The number of halogens is 1. The number of nitriles is 1. The number of aromatic amines is 1. The van der Waals surface area contributed by atoms with E-state index in [9.17, 15) is 9.65 Å². The molecule has 6 nitrogen and oxygen atoms in total. The number of nitrogens with one attached hydrogen (secondary N) is 2. The van der Waals surface area contributed by atoms with Crippen LogP contribution in [0.25, 0.3) is 22.0 Å². The first-order valence-corrected chi connectivity index (χ1v) is 11.8. The average molecular weight is 489 g/mol. The van der Waals surface area contributed by atoms with Crippen LogP contribution in [0.2, 0.25) is 0 Å². The summed E-state index contributed by atoms with van der Waals surface area (Å²) in [4.78, 5) is 0. The minimum atomic E-state index is -0.880. The predicted octanol–water partition coefficient (Wildman–Crippen LogP) is 6.59. The molecule has 0 radical (unpaired) electrons. The van der Waals surface area contributed by atoms with Crippen LogP contribution in [-0.4, -0.2) is 16.1 Å². The van der Waals surface area contributed by atoms with E-state index in [-0.39, 0.29) is 24.2 Å². The molecule has 0 fully saturated rings. The van der Waals surface area contributed by atoms with Crippen LogP contribution in [0, 0.1) is 28.5 Å². The van der Waals surface area contributed by atoms with E-state index in [1.165, 1.54) is 12.1 Å². The molecule has 5 aromatic rings. The van der Waals surface area contributed by atoms with Gasteiger partial charge in [-0.25, -0.2) is 4.39 Å². The lowest BCUT2D eigenvalue weighted by molar-refractivity contribution is 0.300. The number of nitrogens with zero attached hydrogens (tertiary/aromatic N) is 2. The summed E-state index contributed by atoms with van der Waals surface area (Å²) in [5.74, 6) is -1.06. The number of rotatable bonds is 5. The van der Waals surface area contributed by atoms with Gasteiger partial charge in [0.1, 0.15) is 24.1 Å². The lowest BCUT2D eigenvalue weighted by atomic mass is 9.78. The maximum atomic E-state index is 13.3. The lowest BCUT2D eigenvalue weighted by Gasteiger charge is -2.29. The highest BCUT2D eigenvalue weighted by molar-refractivity contribution is 5.97. The van der Waals surface area contributed by atoms with Gasteiger partial charge in [-0.2, -0.15) is 5.26 Å². The van der Waals surface area contributed by atoms with Crippen LogP contribution in [0.5, 0.6) is 11.6 Å². The zero-order valence-electron chi connectivity index (χ0n) is 19.6. The monoisotopic (exact) mass is 488 g/mol. The predicted molar refractivity (Wildman–Crippen MR) is 138 cm³/mol. The summed E-state index contributed by atoms with van der Waals surface area (Å²) in [6.07, 6.45) is 0. The number of benzene rings is 4. The van der Waals surface area contributed by atoms with Crippen LogP contribution in [0.3, 0.4) is 0 Å². The van der Waals surface area contributed by atoms with Gasteiger partial charge in [0.2, 0.25) is 11.8 Å². The van der Waals surface area contributed by atoms with E-state index in [0.717, 1.165) is 33.2 Å². The van der Waals surface area contributed by atoms with E-state index >= 15 is 0 Å². The van der Waals surface area contributed by atoms with Crippen molar-refractivity contribution in [3.63, 3.8) is 0 Å². The van der Waals surface area contributed by atoms with Crippen LogP contribution in [0.1, 0.15) is 22.6 Å². The highest BCUT2D eigenvalue weighted by Gasteiger charge is 2.42. The second-order valence-electron chi connectivity index (χ2n) is 8.85. The van der Waals surface area contributed by atoms with Gasteiger partial charge < -0.3 is 9.47 Å². The van der Waals surface area contributed by atoms with Crippen molar-refractivity contribution < 1.29 is 13.9 Å². The zero-order valence-corrected chi connectivity index (χ0v) is 19.6. The lowest BCUT2D eigenvalue weighted by Crippen LogP contribution is -2.31. The average Bonchev–Trinajstić information content (AvgIpc) is 3.35. The molecule has 0 spiro atoms. The third-order valence-corrected chi connectivity index (χ3v) is 6.66. The van der Waals surface area contributed by atoms with Gasteiger partial charge in [-0.3, -0.25) is 10.5 Å². The first kappa shape index (κ1) is 22.5. The second kappa shape index (κ2) is 9.25. The van der Waals surface area contributed by atoms with Crippen molar-refractivity contribution in [3.8, 4) is 29.0 Å². The summed E-state index contributed by atoms with van der Waals surface area (Å²) in [5.41, 5.74) is 3.92. The van der Waals surface area contributed by atoms with Crippen molar-refractivity contribution in [1.82, 2.24) is 10.2 Å². The van der Waals surface area contributed by atoms with Crippen LogP contribution < -0.4 is 9.47 Å². The van der Waals surface area contributed by atoms with Gasteiger partial charge in [-0.1, -0.05) is 72.8 Å². The van der Waals surface area contributed by atoms with Crippen LogP contribution in [0.15, 0.2) is 91.0 Å². The number of para-hydroxylation sites is 1. The number of hydrogen-bond acceptors (Lipinski definition) is 5. The quantitative estimate of drug-likeness (QED) is 0.292. The summed E-state index contributed by atoms with van der Waals surface area (Å²) in [7, 11) is 0. The second-order valence-corrected chi connectivity index (χ2v) is 8.85. The fraction of sp³-hybridized carbons (Fsp3) is 0.100. The number of hydrogen-bond donors (Lipinski definition) is 2. The molecule has 1 aliphatic heterocycles. The Hall–Kier alpha value is -4.96. The Morgan fingerprint density at radius 1 is 0.973 bits per heavy atom. The molecule has 1 aliphatic rings. The van der Waals surface area contributed by atoms with Crippen LogP contribution in [-0.2, 0) is 6.61 Å². The van der Waals surface area contributed by atoms with E-state index in [2.05, 4.69) is 16.3 Å². The first-order chi connectivity index (χ1) is 18.1. The maximum absolute atomic E-state index is 13.3. The summed E-state index contributed by atoms with van der Waals surface area (Å²) >= 11 is 0. The Morgan fingerprint density at radius 2 is 1.73 bits per heavy atom. The molecule has 6 rings (SSSR count). The van der Waals surface area contributed by atoms with E-state index in [1.807, 2.05) is 66.7 Å². The zero-order chi connectivity index (χ0) is 25.4. The Balaban J connectivity index is 1.49. The van der Waals surface area contributed by atoms with Gasteiger partial charge in [0.05, 0.1) is 17.3 Å². The fourth-order valence-electron chi connectivity index (χ4n) is 4.91. The molecule has 7 heteroatoms. The van der Waals surface area contributed by atoms with Crippen molar-refractivity contribution in [2.45, 2.75) is 12.5 Å². The van der Waals surface area contributed by atoms with E-state index in [0.29, 0.717) is 11.3 Å². The Bertz CT molecular complexity index is 1660. The highest BCUT2D eigenvalue weighted by Crippen LogP contribution is 2.48. The molecule has 1 aromatic heterocycles. The largest absolute Gasteiger partial charge is 0.489 e. The summed E-state index contributed by atoms with van der Waals surface area (Å²) in [5, 5.41) is 28.2. The van der Waals surface area contributed by atoms with Crippen molar-refractivity contribution in [2.75, 3.05) is 0 Å². The van der Waals surface area contributed by atoms with E-state index < -0.39 is 11.8 Å². The van der Waals surface area contributed by atoms with Gasteiger partial charge in [-0.15, -0.1) is 5.10 Å². The minimum Gasteiger partial charge on any atom is -0.489 e. The molecule has 180 valence electrons. The molecule has 0 bridgehead atoms. The Labute approximate surface area is 212 Å². The van der Waals surface area contributed by atoms with Gasteiger partial charge in [0.15, 0.2) is 0 Å². The van der Waals surface area contributed by atoms with Gasteiger partial charge in [0, 0.05) is 17.0 Å². The summed E-state index contributed by atoms with van der Waals surface area (Å²) in [6.45, 7) is 0.226. The molecule has 0 saturated heterocycles. The Morgan fingerprint density at radius 3 is 2.57 bits per heavy atom. The van der Waals surface area contributed by atoms with Crippen LogP contribution in [0.4, 0.5) is 4.39 Å². The van der Waals surface area contributed by atoms with Crippen molar-refractivity contribution >= 4 is 16.7 Å². The molecule has 4 aromatic carbocycles. The van der Waals surface area contributed by atoms with Gasteiger partial charge in [0.25, 0.3) is 0 Å². The van der Waals surface area contributed by atoms with Crippen molar-refractivity contribution in [2.24, 2.45) is 5.92 Å². The minimum absolute atomic E-state index is 0.163. The van der Waals surface area contributed by atoms with Gasteiger partial charge >= 0.3 is 0 Å². The number of H-pyrrole nitrogens is 1. The normalized spacial score (nSPS) is 16.6. The molecule has 37 heavy (non-hydrogen) atoms. The molecule has 2 N–H and O–H groups in total. The summed E-state index contributed by atoms with van der Waals surface area (Å²) < 4.78 is 25.3. The third kappa shape index (κ3) is 3.99. The maximum Gasteiger partial charge on any atom is 0.244 e. The number of fused-ring (bicyclic) bond motifs is 2. The fourth-order valence-corrected chi connectivity index (χ4v) is 4.91. The number of ether oxygens (including phenoxy) is 2. The third-order valence-electron chi connectivity index (χ3n) is 6.66. The molecule has 2 unspecified atom stereocenters. The van der Waals surface area contributed by atoms with E-state index in [4.69, 9.17) is 14.9 Å². The summed E-state index contributed by atoms with van der Waals surface area (Å²) in [6, 6.07) is 30.0. The highest BCUT2D eigenvalue weighted by atomic mass is 19.1. The topological polar surface area (TPSA) is 94.8 Å². The SMILES string of the molecule is N#CC1C(=N)Oc2n[nH]c(-c3cccc4ccccc34)c2C1c1ccccc1OCc1ccc(F)cc1. The van der Waals surface area contributed by atoms with Crippen LogP contribution >= 0.6 is 0 Å². The number of aromatic nitrogens is 2. The van der Waals surface area contributed by atoms with Crippen molar-refractivity contribution in [1.29, 1.82) is 10.7 Å². The molecular weight excluding hydrogens is 467 g/mol. The molecule has 2 heterocycles. The molecule has 2 atom stereocenters. The standard InChI is InChI=1S/C30H21FN4O2/c31-20-14-12-18(13-15-20)17-36-25-11-4-3-9-23(25)26-24(16-32)29(33)37-30-27(26)28(34-35-30)22-10-5-7-19-6-1-2-8-21(19)22/h1-15,24,26,33H,17H2,(H,34,35). The van der Waals surface area contributed by atoms with Crippen molar-refractivity contribution in [3.05, 3.63) is 114 Å². The van der Waals surface area contributed by atoms with Gasteiger partial charge in [-0.05, 0) is 34.5 Å².